The van der Waals surface area contributed by atoms with Gasteiger partial charge in [-0.05, 0) is 28.6 Å². The van der Waals surface area contributed by atoms with Gasteiger partial charge in [-0.1, -0.05) is 20.8 Å². The van der Waals surface area contributed by atoms with Crippen LogP contribution < -0.4 is 29.6 Å². The van der Waals surface area contributed by atoms with Gasteiger partial charge in [-0.2, -0.15) is 0 Å². The first-order valence-corrected chi connectivity index (χ1v) is 5.50. The Bertz CT molecular complexity index is 301. The van der Waals surface area contributed by atoms with Gasteiger partial charge < -0.3 is 4.55 Å². The van der Waals surface area contributed by atoms with Gasteiger partial charge in [0.2, 0.25) is 0 Å². The first-order valence-electron chi connectivity index (χ1n) is 3.61. The molecule has 0 saturated heterocycles. The normalized spacial score (nSPS) is 13.5. The van der Waals surface area contributed by atoms with E-state index < -0.39 is 11.1 Å². The third-order valence-corrected chi connectivity index (χ3v) is 3.91. The Balaban J connectivity index is 0.00000144. The van der Waals surface area contributed by atoms with Gasteiger partial charge in [0.05, 0.1) is 4.21 Å². The first kappa shape index (κ1) is 13.8. The van der Waals surface area contributed by atoms with Crippen LogP contribution in [0.2, 0.25) is 0 Å². The topological polar surface area (TPSA) is 40.1 Å². The largest absolute Gasteiger partial charge is 1.00 e. The molecule has 0 saturated carbocycles. The Kier molecular flexibility index (Phi) is 5.36. The van der Waals surface area contributed by atoms with Gasteiger partial charge >= 0.3 is 29.6 Å². The van der Waals surface area contributed by atoms with Crippen LogP contribution in [0.15, 0.2) is 16.3 Å². The van der Waals surface area contributed by atoms with Crippen LogP contribution in [0, 0.1) is 0 Å². The number of rotatable bonds is 1. The van der Waals surface area contributed by atoms with Crippen LogP contribution in [-0.2, 0) is 16.5 Å². The van der Waals surface area contributed by atoms with E-state index in [9.17, 15) is 8.76 Å². The van der Waals surface area contributed by atoms with E-state index >= 15 is 0 Å². The predicted octanol–water partition coefficient (Wildman–Crippen LogP) is -0.712. The second kappa shape index (κ2) is 5.05. The van der Waals surface area contributed by atoms with Crippen molar-refractivity contribution in [1.29, 1.82) is 0 Å². The molecule has 0 N–H and O–H groups in total. The molecule has 1 heterocycles. The van der Waals surface area contributed by atoms with Crippen molar-refractivity contribution >= 4 is 22.4 Å². The second-order valence-electron chi connectivity index (χ2n) is 3.60. The number of hydrogen-bond acceptors (Lipinski definition) is 3. The number of thiophene rings is 1. The molecule has 0 radical (unpaired) electrons. The minimum atomic E-state index is -2.07. The van der Waals surface area contributed by atoms with E-state index in [2.05, 4.69) is 20.8 Å². The van der Waals surface area contributed by atoms with Crippen molar-refractivity contribution in [3.05, 3.63) is 17.0 Å². The van der Waals surface area contributed by atoms with Gasteiger partial charge in [-0.25, -0.2) is 0 Å². The maximum absolute atomic E-state index is 10.6. The Morgan fingerprint density at radius 2 is 1.92 bits per heavy atom. The molecule has 0 aliphatic rings. The van der Waals surface area contributed by atoms with E-state index in [1.807, 2.05) is 6.07 Å². The average molecular weight is 226 g/mol. The van der Waals surface area contributed by atoms with Crippen molar-refractivity contribution in [3.8, 4) is 0 Å². The fraction of sp³-hybridized carbons (Fsp3) is 0.500. The molecule has 0 bridgehead atoms. The summed E-state index contributed by atoms with van der Waals surface area (Å²) in [6, 6.07) is 3.52. The van der Waals surface area contributed by atoms with Crippen molar-refractivity contribution in [1.82, 2.24) is 0 Å². The van der Waals surface area contributed by atoms with E-state index in [1.165, 1.54) is 11.3 Å². The van der Waals surface area contributed by atoms with Gasteiger partial charge in [0.25, 0.3) is 0 Å². The van der Waals surface area contributed by atoms with Crippen LogP contribution in [0.3, 0.4) is 0 Å². The van der Waals surface area contributed by atoms with E-state index in [0.29, 0.717) is 4.21 Å². The van der Waals surface area contributed by atoms with Crippen molar-refractivity contribution in [2.75, 3.05) is 0 Å². The third-order valence-electron chi connectivity index (χ3n) is 1.48. The Labute approximate surface area is 107 Å². The summed E-state index contributed by atoms with van der Waals surface area (Å²) in [5.74, 6) is 0. The maximum Gasteiger partial charge on any atom is 1.00 e. The summed E-state index contributed by atoms with van der Waals surface area (Å²) < 4.78 is 21.5. The molecule has 1 aromatic heterocycles. The van der Waals surface area contributed by atoms with Crippen molar-refractivity contribution in [2.24, 2.45) is 0 Å². The summed E-state index contributed by atoms with van der Waals surface area (Å²) in [5.41, 5.74) is 0.0439. The van der Waals surface area contributed by atoms with Crippen LogP contribution in [0.1, 0.15) is 25.6 Å². The van der Waals surface area contributed by atoms with E-state index in [4.69, 9.17) is 0 Å². The van der Waals surface area contributed by atoms with Crippen LogP contribution in [-0.4, -0.2) is 8.76 Å². The molecular weight excluding hydrogens is 215 g/mol. The Hall–Kier alpha value is 0.810. The molecule has 0 fully saturated rings. The SMILES string of the molecule is CC(C)(C)c1ccc(S(=O)[O-])s1.[Na+]. The average Bonchev–Trinajstić information content (AvgIpc) is 2.30. The summed E-state index contributed by atoms with van der Waals surface area (Å²) in [6.45, 7) is 6.20. The molecular formula is C8H11NaO2S2. The molecule has 1 unspecified atom stereocenters. The Morgan fingerprint density at radius 1 is 1.38 bits per heavy atom. The molecule has 0 amide bonds. The first-order chi connectivity index (χ1) is 5.41. The van der Waals surface area contributed by atoms with Gasteiger partial charge in [0.1, 0.15) is 0 Å². The molecule has 13 heavy (non-hydrogen) atoms. The summed E-state index contributed by atoms with van der Waals surface area (Å²) in [5, 5.41) is 0. The standard InChI is InChI=1S/C8H12O2S2.Na/c1-8(2,3)6-4-5-7(11-6)12(9)10;/h4-5H,1-3H3,(H,9,10);/q;+1/p-1. The number of hydrogen-bond donors (Lipinski definition) is 0. The molecule has 5 heteroatoms. The van der Waals surface area contributed by atoms with Gasteiger partial charge in [-0.15, -0.1) is 11.3 Å². The van der Waals surface area contributed by atoms with Gasteiger partial charge in [0.15, 0.2) is 0 Å². The second-order valence-corrected chi connectivity index (χ2v) is 5.85. The van der Waals surface area contributed by atoms with Crippen LogP contribution >= 0.6 is 11.3 Å². The smallest absolute Gasteiger partial charge is 0.768 e. The fourth-order valence-corrected chi connectivity index (χ4v) is 2.33. The molecule has 68 valence electrons. The van der Waals surface area contributed by atoms with Crippen molar-refractivity contribution in [2.45, 2.75) is 30.4 Å². The van der Waals surface area contributed by atoms with Gasteiger partial charge in [-0.3, -0.25) is 4.21 Å². The van der Waals surface area contributed by atoms with Crippen molar-refractivity contribution in [3.63, 3.8) is 0 Å². The quantitative estimate of drug-likeness (QED) is 0.469. The van der Waals surface area contributed by atoms with Crippen LogP contribution in [0.4, 0.5) is 0 Å². The monoisotopic (exact) mass is 226 g/mol. The van der Waals surface area contributed by atoms with Gasteiger partial charge in [0, 0.05) is 4.88 Å². The molecule has 0 aliphatic heterocycles. The summed E-state index contributed by atoms with van der Waals surface area (Å²) in [7, 11) is 0. The summed E-state index contributed by atoms with van der Waals surface area (Å²) >= 11 is -0.739. The molecule has 0 aromatic carbocycles. The predicted molar refractivity (Wildman–Crippen MR) is 50.2 cm³/mol. The van der Waals surface area contributed by atoms with Crippen molar-refractivity contribution < 1.29 is 38.3 Å². The van der Waals surface area contributed by atoms with E-state index in [-0.39, 0.29) is 35.0 Å². The summed E-state index contributed by atoms with van der Waals surface area (Å²) in [4.78, 5) is 1.10. The molecule has 1 aromatic rings. The zero-order valence-electron chi connectivity index (χ0n) is 8.29. The zero-order valence-corrected chi connectivity index (χ0v) is 11.9. The summed E-state index contributed by atoms with van der Waals surface area (Å²) in [6.07, 6.45) is 0. The fourth-order valence-electron chi connectivity index (χ4n) is 0.813. The van der Waals surface area contributed by atoms with Crippen LogP contribution in [0.25, 0.3) is 0 Å². The minimum absolute atomic E-state index is 0. The third kappa shape index (κ3) is 3.81. The molecule has 2 nitrogen and oxygen atoms in total. The zero-order chi connectivity index (χ0) is 9.35. The molecule has 0 aliphatic carbocycles. The maximum atomic E-state index is 10.6. The van der Waals surface area contributed by atoms with Crippen LogP contribution in [0.5, 0.6) is 0 Å². The molecule has 1 atom stereocenters. The Morgan fingerprint density at radius 3 is 2.15 bits per heavy atom. The minimum Gasteiger partial charge on any atom is -0.768 e. The molecule has 1 rings (SSSR count). The van der Waals surface area contributed by atoms with E-state index in [0.717, 1.165) is 4.88 Å². The van der Waals surface area contributed by atoms with E-state index in [1.54, 1.807) is 6.07 Å². The molecule has 0 spiro atoms.